The Balaban J connectivity index is 1.73. The fourth-order valence-corrected chi connectivity index (χ4v) is 2.90. The molecule has 1 aromatic heterocycles. The maximum Gasteiger partial charge on any atom is 0.264 e. The number of aryl methyl sites for hydroxylation is 1. The first-order valence-corrected chi connectivity index (χ1v) is 7.97. The van der Waals surface area contributed by atoms with Crippen LogP contribution in [0.5, 0.6) is 5.75 Å². The molecule has 2 unspecified atom stereocenters. The number of aromatic nitrogens is 2. The number of hydrogen-bond acceptors (Lipinski definition) is 4. The largest absolute Gasteiger partial charge is 0.481 e. The Kier molecular flexibility index (Phi) is 4.80. The van der Waals surface area contributed by atoms with Gasteiger partial charge in [0.2, 0.25) is 0 Å². The molecule has 1 aliphatic heterocycles. The van der Waals surface area contributed by atoms with Crippen LogP contribution in [0.4, 0.5) is 4.39 Å². The summed E-state index contributed by atoms with van der Waals surface area (Å²) in [5.74, 6) is 0.873. The second-order valence-electron chi connectivity index (χ2n) is 5.86. The van der Waals surface area contributed by atoms with Crippen LogP contribution in [0.2, 0.25) is 0 Å². The molecule has 0 bridgehead atoms. The highest BCUT2D eigenvalue weighted by atomic mass is 19.1. The third-order valence-corrected chi connectivity index (χ3v) is 4.16. The number of rotatable bonds is 4. The number of benzene rings is 1. The Morgan fingerprint density at radius 1 is 1.42 bits per heavy atom. The number of amides is 1. The maximum atomic E-state index is 13.0. The number of nitrogens with zero attached hydrogens (tertiary/aromatic N) is 3. The van der Waals surface area contributed by atoms with Gasteiger partial charge in [0, 0.05) is 39.1 Å². The Hall–Kier alpha value is -2.41. The number of ether oxygens (including phenoxy) is 1. The smallest absolute Gasteiger partial charge is 0.264 e. The van der Waals surface area contributed by atoms with E-state index < -0.39 is 6.10 Å². The lowest BCUT2D eigenvalue weighted by molar-refractivity contribution is -0.141. The predicted octanol–water partition coefficient (Wildman–Crippen LogP) is 1.50. The number of halogens is 1. The molecule has 0 aliphatic carbocycles. The fourth-order valence-electron chi connectivity index (χ4n) is 2.90. The van der Waals surface area contributed by atoms with E-state index in [2.05, 4.69) is 10.3 Å². The summed E-state index contributed by atoms with van der Waals surface area (Å²) in [4.78, 5) is 19.0. The minimum atomic E-state index is -0.656. The van der Waals surface area contributed by atoms with Crippen molar-refractivity contribution in [3.8, 4) is 5.75 Å². The third kappa shape index (κ3) is 3.41. The van der Waals surface area contributed by atoms with Crippen LogP contribution >= 0.6 is 0 Å². The van der Waals surface area contributed by atoms with Gasteiger partial charge in [0.15, 0.2) is 6.10 Å². The standard InChI is InChI=1S/C17H21FN4O2/c1-12(24-14-5-3-13(18)4-6-14)17(23)22-10-7-19-11-15(22)16-20-8-9-21(16)2/h3-6,8-9,12,15,19H,7,10-11H2,1-2H3. The van der Waals surface area contributed by atoms with Gasteiger partial charge >= 0.3 is 0 Å². The van der Waals surface area contributed by atoms with Crippen molar-refractivity contribution in [2.45, 2.75) is 19.1 Å². The molecule has 2 heterocycles. The maximum absolute atomic E-state index is 13.0. The van der Waals surface area contributed by atoms with Crippen molar-refractivity contribution in [3.05, 3.63) is 48.3 Å². The summed E-state index contributed by atoms with van der Waals surface area (Å²) in [6.45, 7) is 3.69. The van der Waals surface area contributed by atoms with Gasteiger partial charge in [-0.1, -0.05) is 0 Å². The molecule has 0 radical (unpaired) electrons. The second kappa shape index (κ2) is 7.00. The van der Waals surface area contributed by atoms with Gasteiger partial charge in [0.25, 0.3) is 5.91 Å². The number of carbonyl (C=O) groups excluding carboxylic acids is 1. The van der Waals surface area contributed by atoms with Gasteiger partial charge in [-0.15, -0.1) is 0 Å². The average Bonchev–Trinajstić information content (AvgIpc) is 3.02. The van der Waals surface area contributed by atoms with Gasteiger partial charge in [0.1, 0.15) is 23.4 Å². The molecule has 2 atom stereocenters. The van der Waals surface area contributed by atoms with E-state index in [1.165, 1.54) is 24.3 Å². The lowest BCUT2D eigenvalue weighted by atomic mass is 10.1. The average molecular weight is 332 g/mol. The highest BCUT2D eigenvalue weighted by Gasteiger charge is 2.33. The van der Waals surface area contributed by atoms with Crippen molar-refractivity contribution >= 4 is 5.91 Å². The molecule has 1 saturated heterocycles. The molecule has 1 aromatic carbocycles. The number of piperazine rings is 1. The van der Waals surface area contributed by atoms with Crippen LogP contribution in [0.25, 0.3) is 0 Å². The highest BCUT2D eigenvalue weighted by molar-refractivity contribution is 5.81. The van der Waals surface area contributed by atoms with E-state index in [1.807, 2.05) is 17.8 Å². The monoisotopic (exact) mass is 332 g/mol. The normalized spacial score (nSPS) is 19.1. The summed E-state index contributed by atoms with van der Waals surface area (Å²) in [7, 11) is 1.91. The summed E-state index contributed by atoms with van der Waals surface area (Å²) in [5, 5.41) is 3.30. The molecule has 1 aliphatic rings. The molecule has 24 heavy (non-hydrogen) atoms. The van der Waals surface area contributed by atoms with Crippen LogP contribution in [0.3, 0.4) is 0 Å². The zero-order chi connectivity index (χ0) is 17.1. The molecule has 1 fully saturated rings. The molecule has 0 spiro atoms. The van der Waals surface area contributed by atoms with Crippen LogP contribution in [0.1, 0.15) is 18.8 Å². The SMILES string of the molecule is CC(Oc1ccc(F)cc1)C(=O)N1CCNCC1c1nccn1C. The van der Waals surface area contributed by atoms with Gasteiger partial charge in [-0.3, -0.25) is 4.79 Å². The number of carbonyl (C=O) groups is 1. The number of nitrogens with one attached hydrogen (secondary N) is 1. The molecule has 128 valence electrons. The first-order chi connectivity index (χ1) is 11.6. The Morgan fingerprint density at radius 2 is 2.17 bits per heavy atom. The topological polar surface area (TPSA) is 59.4 Å². The fraction of sp³-hybridized carbons (Fsp3) is 0.412. The quantitative estimate of drug-likeness (QED) is 0.922. The Labute approximate surface area is 140 Å². The van der Waals surface area contributed by atoms with Crippen LogP contribution < -0.4 is 10.1 Å². The number of imidazole rings is 1. The zero-order valence-electron chi connectivity index (χ0n) is 13.8. The van der Waals surface area contributed by atoms with Gasteiger partial charge in [-0.2, -0.15) is 0 Å². The zero-order valence-corrected chi connectivity index (χ0v) is 13.8. The van der Waals surface area contributed by atoms with Crippen molar-refractivity contribution in [2.24, 2.45) is 7.05 Å². The third-order valence-electron chi connectivity index (χ3n) is 4.16. The van der Waals surface area contributed by atoms with Crippen LogP contribution in [0, 0.1) is 5.82 Å². The van der Waals surface area contributed by atoms with E-state index in [1.54, 1.807) is 18.0 Å². The van der Waals surface area contributed by atoms with Gasteiger partial charge in [0.05, 0.1) is 0 Å². The van der Waals surface area contributed by atoms with E-state index in [4.69, 9.17) is 4.74 Å². The minimum absolute atomic E-state index is 0.103. The summed E-state index contributed by atoms with van der Waals surface area (Å²) in [6.07, 6.45) is 2.94. The summed E-state index contributed by atoms with van der Waals surface area (Å²) in [6, 6.07) is 5.54. The lowest BCUT2D eigenvalue weighted by Gasteiger charge is -2.37. The summed E-state index contributed by atoms with van der Waals surface area (Å²) >= 11 is 0. The molecule has 7 heteroatoms. The molecule has 6 nitrogen and oxygen atoms in total. The van der Waals surface area contributed by atoms with Gasteiger partial charge < -0.3 is 19.5 Å². The van der Waals surface area contributed by atoms with Crippen molar-refractivity contribution in [1.29, 1.82) is 0 Å². The second-order valence-corrected chi connectivity index (χ2v) is 5.86. The van der Waals surface area contributed by atoms with Gasteiger partial charge in [-0.05, 0) is 31.2 Å². The molecule has 2 aromatic rings. The number of hydrogen-bond donors (Lipinski definition) is 1. The van der Waals surface area contributed by atoms with E-state index in [9.17, 15) is 9.18 Å². The predicted molar refractivity (Wildman–Crippen MR) is 87.0 cm³/mol. The van der Waals surface area contributed by atoms with Crippen LogP contribution in [-0.2, 0) is 11.8 Å². The first-order valence-electron chi connectivity index (χ1n) is 7.97. The lowest BCUT2D eigenvalue weighted by Crippen LogP contribution is -2.52. The van der Waals surface area contributed by atoms with E-state index >= 15 is 0 Å². The van der Waals surface area contributed by atoms with Crippen molar-refractivity contribution < 1.29 is 13.9 Å². The summed E-state index contributed by atoms with van der Waals surface area (Å²) in [5.41, 5.74) is 0. The summed E-state index contributed by atoms with van der Waals surface area (Å²) < 4.78 is 20.6. The molecular weight excluding hydrogens is 311 g/mol. The minimum Gasteiger partial charge on any atom is -0.481 e. The van der Waals surface area contributed by atoms with E-state index in [-0.39, 0.29) is 17.8 Å². The van der Waals surface area contributed by atoms with Crippen molar-refractivity contribution in [3.63, 3.8) is 0 Å². The van der Waals surface area contributed by atoms with Crippen LogP contribution in [-0.4, -0.2) is 46.1 Å². The molecule has 0 saturated carbocycles. The molecule has 1 N–H and O–H groups in total. The van der Waals surface area contributed by atoms with Crippen molar-refractivity contribution in [2.75, 3.05) is 19.6 Å². The van der Waals surface area contributed by atoms with Crippen molar-refractivity contribution in [1.82, 2.24) is 19.8 Å². The highest BCUT2D eigenvalue weighted by Crippen LogP contribution is 2.22. The van der Waals surface area contributed by atoms with Gasteiger partial charge in [-0.25, -0.2) is 9.37 Å². The first kappa shape index (κ1) is 16.4. The Morgan fingerprint density at radius 3 is 2.83 bits per heavy atom. The van der Waals surface area contributed by atoms with E-state index in [0.717, 1.165) is 12.4 Å². The molecular formula is C17H21FN4O2. The molecule has 3 rings (SSSR count). The molecule has 1 amide bonds. The van der Waals surface area contributed by atoms with E-state index in [0.29, 0.717) is 18.8 Å². The Bertz CT molecular complexity index is 701. The van der Waals surface area contributed by atoms with Crippen LogP contribution in [0.15, 0.2) is 36.7 Å².